The summed E-state index contributed by atoms with van der Waals surface area (Å²) in [6.07, 6.45) is 2.34. The smallest absolute Gasteiger partial charge is 0.252 e. The fourth-order valence-corrected chi connectivity index (χ4v) is 4.90. The van der Waals surface area contributed by atoms with Crippen LogP contribution in [-0.4, -0.2) is 48.6 Å². The van der Waals surface area contributed by atoms with Gasteiger partial charge in [-0.15, -0.1) is 11.3 Å². The summed E-state index contributed by atoms with van der Waals surface area (Å²) in [5.41, 5.74) is 2.70. The van der Waals surface area contributed by atoms with Crippen molar-refractivity contribution >= 4 is 28.1 Å². The molecule has 29 heavy (non-hydrogen) atoms. The van der Waals surface area contributed by atoms with Crippen LogP contribution in [0.25, 0.3) is 10.9 Å². The van der Waals surface area contributed by atoms with E-state index in [4.69, 9.17) is 9.72 Å². The van der Waals surface area contributed by atoms with Crippen molar-refractivity contribution in [2.24, 2.45) is 0 Å². The second-order valence-electron chi connectivity index (χ2n) is 7.78. The van der Waals surface area contributed by atoms with Crippen LogP contribution in [0.1, 0.15) is 45.7 Å². The highest BCUT2D eigenvalue weighted by atomic mass is 32.1. The van der Waals surface area contributed by atoms with Crippen molar-refractivity contribution in [3.8, 4) is 0 Å². The fourth-order valence-electron chi connectivity index (χ4n) is 4.04. The van der Waals surface area contributed by atoms with Crippen molar-refractivity contribution in [2.75, 3.05) is 32.8 Å². The average Bonchev–Trinajstić information content (AvgIpc) is 3.49. The summed E-state index contributed by atoms with van der Waals surface area (Å²) in [6.45, 7) is 3.87. The molecule has 6 heteroatoms. The van der Waals surface area contributed by atoms with Gasteiger partial charge >= 0.3 is 0 Å². The second kappa shape index (κ2) is 8.22. The highest BCUT2D eigenvalue weighted by molar-refractivity contribution is 7.10. The van der Waals surface area contributed by atoms with Gasteiger partial charge in [0.05, 0.1) is 30.3 Å². The molecular weight excluding hydrogens is 382 g/mol. The van der Waals surface area contributed by atoms with Gasteiger partial charge in [0, 0.05) is 41.5 Å². The van der Waals surface area contributed by atoms with Gasteiger partial charge in [-0.3, -0.25) is 14.7 Å². The molecule has 1 saturated carbocycles. The number of benzene rings is 1. The number of morpholine rings is 1. The van der Waals surface area contributed by atoms with Crippen LogP contribution in [-0.2, 0) is 4.74 Å². The molecule has 1 unspecified atom stereocenters. The van der Waals surface area contributed by atoms with Crippen LogP contribution in [0.4, 0.5) is 0 Å². The maximum absolute atomic E-state index is 13.2. The molecule has 3 heterocycles. The number of hydrogen-bond donors (Lipinski definition) is 1. The van der Waals surface area contributed by atoms with Gasteiger partial charge in [-0.05, 0) is 36.4 Å². The lowest BCUT2D eigenvalue weighted by Crippen LogP contribution is -2.43. The highest BCUT2D eigenvalue weighted by Gasteiger charge is 2.28. The van der Waals surface area contributed by atoms with Crippen LogP contribution in [0.2, 0.25) is 0 Å². The first-order chi connectivity index (χ1) is 14.3. The Morgan fingerprint density at radius 3 is 2.79 bits per heavy atom. The predicted octanol–water partition coefficient (Wildman–Crippen LogP) is 3.98. The number of amides is 1. The Kier molecular flexibility index (Phi) is 5.31. The van der Waals surface area contributed by atoms with E-state index in [0.29, 0.717) is 12.5 Å². The predicted molar refractivity (Wildman–Crippen MR) is 116 cm³/mol. The quantitative estimate of drug-likeness (QED) is 0.672. The maximum atomic E-state index is 13.2. The van der Waals surface area contributed by atoms with Crippen LogP contribution in [0.5, 0.6) is 0 Å². The Balaban J connectivity index is 1.39. The number of thiophene rings is 1. The molecule has 1 atom stereocenters. The zero-order chi connectivity index (χ0) is 19.6. The standard InChI is InChI=1S/C23H25N3O2S/c27-23(18-14-20(16-7-8-16)25-19-5-2-1-4-17(18)19)24-15-21(22-6-3-13-29-22)26-9-11-28-12-10-26/h1-6,13-14,16,21H,7-12,15H2,(H,24,27). The Labute approximate surface area is 174 Å². The molecule has 3 aromatic rings. The summed E-state index contributed by atoms with van der Waals surface area (Å²) in [4.78, 5) is 21.7. The third kappa shape index (κ3) is 4.06. The minimum Gasteiger partial charge on any atom is -0.379 e. The summed E-state index contributed by atoms with van der Waals surface area (Å²) in [6, 6.07) is 14.4. The molecule has 5 nitrogen and oxygen atoms in total. The van der Waals surface area contributed by atoms with Crippen molar-refractivity contribution in [1.82, 2.24) is 15.2 Å². The molecular formula is C23H25N3O2S. The number of para-hydroxylation sites is 1. The SMILES string of the molecule is O=C(NCC(c1cccs1)N1CCOCC1)c1cc(C2CC2)nc2ccccc12. The number of ether oxygens (including phenoxy) is 1. The number of carbonyl (C=O) groups excluding carboxylic acids is 1. The van der Waals surface area contributed by atoms with Gasteiger partial charge in [-0.1, -0.05) is 24.3 Å². The number of carbonyl (C=O) groups is 1. The molecule has 1 aromatic carbocycles. The molecule has 5 rings (SSSR count). The number of hydrogen-bond acceptors (Lipinski definition) is 5. The Morgan fingerprint density at radius 2 is 2.03 bits per heavy atom. The van der Waals surface area contributed by atoms with E-state index in [1.54, 1.807) is 11.3 Å². The third-order valence-electron chi connectivity index (χ3n) is 5.79. The molecule has 0 radical (unpaired) electrons. The first-order valence-electron chi connectivity index (χ1n) is 10.3. The molecule has 0 spiro atoms. The van der Waals surface area contributed by atoms with E-state index in [-0.39, 0.29) is 11.9 Å². The van der Waals surface area contributed by atoms with Crippen LogP contribution in [0, 0.1) is 0 Å². The Hall–Kier alpha value is -2.28. The molecule has 1 N–H and O–H groups in total. The number of aromatic nitrogens is 1. The number of nitrogens with zero attached hydrogens (tertiary/aromatic N) is 2. The number of rotatable bonds is 6. The Bertz CT molecular complexity index is 995. The zero-order valence-electron chi connectivity index (χ0n) is 16.3. The molecule has 1 aliphatic heterocycles. The molecule has 1 saturated heterocycles. The number of nitrogens with one attached hydrogen (secondary N) is 1. The first-order valence-corrected chi connectivity index (χ1v) is 11.2. The molecule has 1 amide bonds. The lowest BCUT2D eigenvalue weighted by molar-refractivity contribution is 0.0169. The lowest BCUT2D eigenvalue weighted by atomic mass is 10.0. The largest absolute Gasteiger partial charge is 0.379 e. The van der Waals surface area contributed by atoms with Crippen LogP contribution in [0.3, 0.4) is 0 Å². The third-order valence-corrected chi connectivity index (χ3v) is 6.76. The van der Waals surface area contributed by atoms with E-state index in [2.05, 4.69) is 27.7 Å². The van der Waals surface area contributed by atoms with Gasteiger partial charge in [0.25, 0.3) is 5.91 Å². The first kappa shape index (κ1) is 18.7. The van der Waals surface area contributed by atoms with Crippen molar-refractivity contribution < 1.29 is 9.53 Å². The summed E-state index contributed by atoms with van der Waals surface area (Å²) < 4.78 is 5.52. The van der Waals surface area contributed by atoms with Crippen LogP contribution in [0.15, 0.2) is 47.8 Å². The molecule has 150 valence electrons. The van der Waals surface area contributed by atoms with E-state index >= 15 is 0 Å². The van der Waals surface area contributed by atoms with Gasteiger partial charge in [-0.2, -0.15) is 0 Å². The van der Waals surface area contributed by atoms with E-state index in [0.717, 1.165) is 48.5 Å². The van der Waals surface area contributed by atoms with Crippen molar-refractivity contribution in [2.45, 2.75) is 24.8 Å². The number of fused-ring (bicyclic) bond motifs is 1. The molecule has 0 bridgehead atoms. The van der Waals surface area contributed by atoms with Crippen molar-refractivity contribution in [1.29, 1.82) is 0 Å². The monoisotopic (exact) mass is 407 g/mol. The lowest BCUT2D eigenvalue weighted by Gasteiger charge is -2.34. The minimum atomic E-state index is -0.0136. The summed E-state index contributed by atoms with van der Waals surface area (Å²) in [7, 11) is 0. The average molecular weight is 408 g/mol. The van der Waals surface area contributed by atoms with E-state index < -0.39 is 0 Å². The maximum Gasteiger partial charge on any atom is 0.252 e. The van der Waals surface area contributed by atoms with E-state index in [1.807, 2.05) is 30.3 Å². The second-order valence-corrected chi connectivity index (χ2v) is 8.75. The molecule has 2 fully saturated rings. The van der Waals surface area contributed by atoms with Crippen LogP contribution >= 0.6 is 11.3 Å². The van der Waals surface area contributed by atoms with Gasteiger partial charge in [0.2, 0.25) is 0 Å². The molecule has 1 aliphatic carbocycles. The topological polar surface area (TPSA) is 54.5 Å². The van der Waals surface area contributed by atoms with E-state index in [1.165, 1.54) is 17.7 Å². The van der Waals surface area contributed by atoms with Crippen LogP contribution < -0.4 is 5.32 Å². The Morgan fingerprint density at radius 1 is 1.21 bits per heavy atom. The van der Waals surface area contributed by atoms with Gasteiger partial charge < -0.3 is 10.1 Å². The number of pyridine rings is 1. The van der Waals surface area contributed by atoms with Gasteiger partial charge in [-0.25, -0.2) is 0 Å². The van der Waals surface area contributed by atoms with Gasteiger partial charge in [0.15, 0.2) is 0 Å². The molecule has 2 aromatic heterocycles. The van der Waals surface area contributed by atoms with Crippen molar-refractivity contribution in [3.05, 3.63) is 64.0 Å². The fraction of sp³-hybridized carbons (Fsp3) is 0.391. The van der Waals surface area contributed by atoms with Crippen molar-refractivity contribution in [3.63, 3.8) is 0 Å². The van der Waals surface area contributed by atoms with E-state index in [9.17, 15) is 4.79 Å². The highest BCUT2D eigenvalue weighted by Crippen LogP contribution is 2.40. The summed E-state index contributed by atoms with van der Waals surface area (Å²) >= 11 is 1.75. The normalized spacial score (nSPS) is 18.6. The summed E-state index contributed by atoms with van der Waals surface area (Å²) in [5.74, 6) is 0.499. The minimum absolute atomic E-state index is 0.0136. The molecule has 2 aliphatic rings. The van der Waals surface area contributed by atoms with Gasteiger partial charge in [0.1, 0.15) is 0 Å². The summed E-state index contributed by atoms with van der Waals surface area (Å²) in [5, 5.41) is 6.25. The zero-order valence-corrected chi connectivity index (χ0v) is 17.2.